The number of nitrogens with zero attached hydrogens (tertiary/aromatic N) is 4. The van der Waals surface area contributed by atoms with Crippen LogP contribution in [0.1, 0.15) is 19.8 Å². The molecule has 0 spiro atoms. The van der Waals surface area contributed by atoms with Gasteiger partial charge in [0.2, 0.25) is 5.95 Å². The van der Waals surface area contributed by atoms with E-state index in [-0.39, 0.29) is 0 Å². The van der Waals surface area contributed by atoms with Crippen LogP contribution in [0.15, 0.2) is 18.5 Å². The Morgan fingerprint density at radius 3 is 2.47 bits per heavy atom. The van der Waals surface area contributed by atoms with Gasteiger partial charge in [0.05, 0.1) is 0 Å². The van der Waals surface area contributed by atoms with Gasteiger partial charge in [0.25, 0.3) is 0 Å². The Morgan fingerprint density at radius 2 is 1.89 bits per heavy atom. The first-order valence-electron chi connectivity index (χ1n) is 7.28. The zero-order valence-electron chi connectivity index (χ0n) is 11.8. The number of hydrogen-bond donors (Lipinski definition) is 1. The van der Waals surface area contributed by atoms with Crippen LogP contribution in [0.3, 0.4) is 0 Å². The molecule has 1 atom stereocenters. The zero-order chi connectivity index (χ0) is 13.5. The van der Waals surface area contributed by atoms with Crippen molar-refractivity contribution in [1.29, 1.82) is 0 Å². The fourth-order valence-corrected chi connectivity index (χ4v) is 2.64. The summed E-state index contributed by atoms with van der Waals surface area (Å²) >= 11 is 0. The average Bonchev–Trinajstić information content (AvgIpc) is 2.48. The van der Waals surface area contributed by atoms with E-state index in [1.54, 1.807) is 12.4 Å². The molecule has 1 aliphatic rings. The molecule has 1 aromatic rings. The molecule has 0 bridgehead atoms. The highest BCUT2D eigenvalue weighted by molar-refractivity contribution is 5.29. The number of piperazine rings is 1. The molecule has 106 valence electrons. The number of hydrogen-bond acceptors (Lipinski definition) is 5. The number of nitrogens with two attached hydrogens (primary N) is 1. The van der Waals surface area contributed by atoms with Crippen LogP contribution in [-0.4, -0.2) is 54.1 Å². The molecular formula is C14H25N5. The van der Waals surface area contributed by atoms with Gasteiger partial charge in [-0.05, 0) is 24.9 Å². The van der Waals surface area contributed by atoms with Crippen LogP contribution in [0.25, 0.3) is 0 Å². The minimum atomic E-state index is 0.643. The Hall–Kier alpha value is -1.20. The minimum absolute atomic E-state index is 0.643. The van der Waals surface area contributed by atoms with Crippen molar-refractivity contribution in [3.05, 3.63) is 18.5 Å². The lowest BCUT2D eigenvalue weighted by Crippen LogP contribution is -2.48. The summed E-state index contributed by atoms with van der Waals surface area (Å²) in [6.07, 6.45) is 6.07. The first kappa shape index (κ1) is 14.2. The normalized spacial score (nSPS) is 18.5. The van der Waals surface area contributed by atoms with E-state index in [4.69, 9.17) is 5.73 Å². The highest BCUT2D eigenvalue weighted by Crippen LogP contribution is 2.12. The number of anilines is 1. The topological polar surface area (TPSA) is 58.3 Å². The standard InChI is InChI=1S/C14H25N5/c1-2-4-13(11-15)12-18-7-9-19(10-8-18)14-16-5-3-6-17-14/h3,5-6,13H,2,4,7-12,15H2,1H3. The van der Waals surface area contributed by atoms with Crippen LogP contribution in [0.5, 0.6) is 0 Å². The van der Waals surface area contributed by atoms with Crippen molar-refractivity contribution < 1.29 is 0 Å². The molecule has 0 saturated carbocycles. The van der Waals surface area contributed by atoms with Gasteiger partial charge < -0.3 is 10.6 Å². The number of aromatic nitrogens is 2. The largest absolute Gasteiger partial charge is 0.338 e. The first-order chi connectivity index (χ1) is 9.33. The Balaban J connectivity index is 1.79. The second-order valence-electron chi connectivity index (χ2n) is 5.23. The van der Waals surface area contributed by atoms with Gasteiger partial charge in [-0.3, -0.25) is 4.90 Å². The van der Waals surface area contributed by atoms with Gasteiger partial charge >= 0.3 is 0 Å². The van der Waals surface area contributed by atoms with Gasteiger partial charge in [-0.1, -0.05) is 13.3 Å². The predicted molar refractivity (Wildman–Crippen MR) is 78.1 cm³/mol. The number of rotatable bonds is 6. The lowest BCUT2D eigenvalue weighted by molar-refractivity contribution is 0.214. The SMILES string of the molecule is CCCC(CN)CN1CCN(c2ncccn2)CC1. The molecule has 1 aliphatic heterocycles. The molecule has 1 unspecified atom stereocenters. The van der Waals surface area contributed by atoms with Crippen LogP contribution in [-0.2, 0) is 0 Å². The molecule has 5 nitrogen and oxygen atoms in total. The summed E-state index contributed by atoms with van der Waals surface area (Å²) in [5.41, 5.74) is 5.84. The summed E-state index contributed by atoms with van der Waals surface area (Å²) in [5, 5.41) is 0. The van der Waals surface area contributed by atoms with Crippen molar-refractivity contribution in [3.63, 3.8) is 0 Å². The molecule has 1 aromatic heterocycles. The Morgan fingerprint density at radius 1 is 1.21 bits per heavy atom. The van der Waals surface area contributed by atoms with Crippen molar-refractivity contribution in [1.82, 2.24) is 14.9 Å². The molecule has 0 amide bonds. The highest BCUT2D eigenvalue weighted by atomic mass is 15.3. The molecule has 0 aromatic carbocycles. The minimum Gasteiger partial charge on any atom is -0.338 e. The third-order valence-corrected chi connectivity index (χ3v) is 3.75. The monoisotopic (exact) mass is 263 g/mol. The second-order valence-corrected chi connectivity index (χ2v) is 5.23. The molecule has 19 heavy (non-hydrogen) atoms. The highest BCUT2D eigenvalue weighted by Gasteiger charge is 2.20. The molecule has 5 heteroatoms. The molecular weight excluding hydrogens is 238 g/mol. The maximum absolute atomic E-state index is 5.84. The van der Waals surface area contributed by atoms with Gasteiger partial charge in [0.15, 0.2) is 0 Å². The van der Waals surface area contributed by atoms with E-state index in [0.717, 1.165) is 45.2 Å². The molecule has 1 fully saturated rings. The van der Waals surface area contributed by atoms with E-state index in [0.29, 0.717) is 5.92 Å². The van der Waals surface area contributed by atoms with Gasteiger partial charge in [0, 0.05) is 45.1 Å². The molecule has 2 rings (SSSR count). The lowest BCUT2D eigenvalue weighted by atomic mass is 10.0. The summed E-state index contributed by atoms with van der Waals surface area (Å²) in [7, 11) is 0. The summed E-state index contributed by atoms with van der Waals surface area (Å²) in [5.74, 6) is 1.50. The predicted octanol–water partition coefficient (Wildman–Crippen LogP) is 0.974. The van der Waals surface area contributed by atoms with E-state index in [1.807, 2.05) is 6.07 Å². The van der Waals surface area contributed by atoms with Crippen LogP contribution < -0.4 is 10.6 Å². The zero-order valence-corrected chi connectivity index (χ0v) is 11.8. The molecule has 2 heterocycles. The van der Waals surface area contributed by atoms with Crippen molar-refractivity contribution in [2.75, 3.05) is 44.2 Å². The third kappa shape index (κ3) is 4.14. The van der Waals surface area contributed by atoms with Gasteiger partial charge in [-0.2, -0.15) is 0 Å². The van der Waals surface area contributed by atoms with Crippen LogP contribution in [0.2, 0.25) is 0 Å². The fourth-order valence-electron chi connectivity index (χ4n) is 2.64. The lowest BCUT2D eigenvalue weighted by Gasteiger charge is -2.36. The molecule has 2 N–H and O–H groups in total. The van der Waals surface area contributed by atoms with Crippen LogP contribution in [0, 0.1) is 5.92 Å². The van der Waals surface area contributed by atoms with Crippen molar-refractivity contribution in [2.45, 2.75) is 19.8 Å². The Labute approximate surface area is 115 Å². The molecule has 0 aliphatic carbocycles. The van der Waals surface area contributed by atoms with E-state index in [2.05, 4.69) is 26.7 Å². The van der Waals surface area contributed by atoms with Gasteiger partial charge in [-0.25, -0.2) is 9.97 Å². The summed E-state index contributed by atoms with van der Waals surface area (Å²) in [4.78, 5) is 13.4. The molecule has 1 saturated heterocycles. The summed E-state index contributed by atoms with van der Waals surface area (Å²) in [6.45, 7) is 8.34. The van der Waals surface area contributed by atoms with Crippen LogP contribution >= 0.6 is 0 Å². The van der Waals surface area contributed by atoms with Crippen molar-refractivity contribution in [3.8, 4) is 0 Å². The third-order valence-electron chi connectivity index (χ3n) is 3.75. The summed E-state index contributed by atoms with van der Waals surface area (Å²) in [6, 6.07) is 1.86. The first-order valence-corrected chi connectivity index (χ1v) is 7.28. The van der Waals surface area contributed by atoms with Crippen LogP contribution in [0.4, 0.5) is 5.95 Å². The van der Waals surface area contributed by atoms with Crippen molar-refractivity contribution >= 4 is 5.95 Å². The fraction of sp³-hybridized carbons (Fsp3) is 0.714. The molecule has 0 radical (unpaired) electrons. The summed E-state index contributed by atoms with van der Waals surface area (Å²) < 4.78 is 0. The maximum atomic E-state index is 5.84. The van der Waals surface area contributed by atoms with Crippen molar-refractivity contribution in [2.24, 2.45) is 11.7 Å². The quantitative estimate of drug-likeness (QED) is 0.829. The van der Waals surface area contributed by atoms with E-state index < -0.39 is 0 Å². The maximum Gasteiger partial charge on any atom is 0.225 e. The second kappa shape index (κ2) is 7.40. The van der Waals surface area contributed by atoms with E-state index in [9.17, 15) is 0 Å². The Kier molecular flexibility index (Phi) is 5.54. The van der Waals surface area contributed by atoms with Gasteiger partial charge in [-0.15, -0.1) is 0 Å². The van der Waals surface area contributed by atoms with E-state index in [1.165, 1.54) is 12.8 Å². The smallest absolute Gasteiger partial charge is 0.225 e. The average molecular weight is 263 g/mol. The van der Waals surface area contributed by atoms with E-state index >= 15 is 0 Å². The Bertz CT molecular complexity index is 348. The van der Waals surface area contributed by atoms with Gasteiger partial charge in [0.1, 0.15) is 0 Å².